The van der Waals surface area contributed by atoms with Crippen molar-refractivity contribution in [3.63, 3.8) is 0 Å². The summed E-state index contributed by atoms with van der Waals surface area (Å²) in [5.41, 5.74) is 3.96. The van der Waals surface area contributed by atoms with Gasteiger partial charge in [-0.3, -0.25) is 4.98 Å². The number of ether oxygens (including phenoxy) is 1. The molecule has 2 unspecified atom stereocenters. The van der Waals surface area contributed by atoms with Crippen molar-refractivity contribution in [2.45, 2.75) is 12.1 Å². The molecule has 0 radical (unpaired) electrons. The van der Waals surface area contributed by atoms with Gasteiger partial charge < -0.3 is 10.1 Å². The van der Waals surface area contributed by atoms with E-state index < -0.39 is 0 Å². The minimum absolute atomic E-state index is 0.198. The molecule has 1 N–H and O–H groups in total. The van der Waals surface area contributed by atoms with Gasteiger partial charge in [-0.15, -0.1) is 11.3 Å². The fourth-order valence-electron chi connectivity index (χ4n) is 3.98. The van der Waals surface area contributed by atoms with Gasteiger partial charge in [-0.05, 0) is 41.3 Å². The number of hydrogen-bond donors (Lipinski definition) is 1. The van der Waals surface area contributed by atoms with Crippen LogP contribution in [0.25, 0.3) is 5.70 Å². The number of thiophene rings is 1. The van der Waals surface area contributed by atoms with Crippen molar-refractivity contribution < 1.29 is 4.74 Å². The van der Waals surface area contributed by atoms with E-state index in [1.807, 2.05) is 41.2 Å². The van der Waals surface area contributed by atoms with Crippen molar-refractivity contribution in [1.29, 1.82) is 0 Å². The molecule has 1 aromatic carbocycles. The molecule has 0 fully saturated rings. The second-order valence-electron chi connectivity index (χ2n) is 6.83. The average Bonchev–Trinajstić information content (AvgIpc) is 3.44. The second-order valence-corrected chi connectivity index (χ2v) is 8.24. The Hall–Kier alpha value is -3.16. The molecule has 0 spiro atoms. The number of nitrogens with one attached hydrogen (secondary N) is 1. The lowest BCUT2D eigenvalue weighted by Crippen LogP contribution is -2.32. The van der Waals surface area contributed by atoms with E-state index in [1.165, 1.54) is 0 Å². The Labute approximate surface area is 175 Å². The first-order chi connectivity index (χ1) is 14.3. The lowest BCUT2D eigenvalue weighted by atomic mass is 9.87. The Kier molecular flexibility index (Phi) is 3.72. The summed E-state index contributed by atoms with van der Waals surface area (Å²) < 4.78 is 8.40. The van der Waals surface area contributed by atoms with Gasteiger partial charge in [0.1, 0.15) is 18.1 Å². The van der Waals surface area contributed by atoms with Crippen LogP contribution in [0.2, 0.25) is 5.02 Å². The highest BCUT2D eigenvalue weighted by molar-refractivity contribution is 7.10. The minimum atomic E-state index is -0.256. The predicted octanol–water partition coefficient (Wildman–Crippen LogP) is 4.95. The SMILES string of the molecule is Clc1ccc2c(c1)C1=C(C(c3cccs3)O2)C(c2cccnc2)n2ncnc2N1. The Morgan fingerprint density at radius 3 is 2.97 bits per heavy atom. The third kappa shape index (κ3) is 2.58. The maximum Gasteiger partial charge on any atom is 0.226 e. The topological polar surface area (TPSA) is 64.9 Å². The molecule has 4 aromatic rings. The van der Waals surface area contributed by atoms with E-state index in [9.17, 15) is 0 Å². The van der Waals surface area contributed by atoms with Gasteiger partial charge in [-0.25, -0.2) is 4.68 Å². The van der Waals surface area contributed by atoms with Crippen LogP contribution < -0.4 is 10.1 Å². The monoisotopic (exact) mass is 419 g/mol. The van der Waals surface area contributed by atoms with Gasteiger partial charge in [0.05, 0.1) is 5.70 Å². The molecule has 5 heterocycles. The van der Waals surface area contributed by atoms with Crippen LogP contribution >= 0.6 is 22.9 Å². The highest BCUT2D eigenvalue weighted by Crippen LogP contribution is 2.51. The van der Waals surface area contributed by atoms with Gasteiger partial charge >= 0.3 is 0 Å². The first-order valence-corrected chi connectivity index (χ1v) is 10.4. The van der Waals surface area contributed by atoms with E-state index >= 15 is 0 Å². The number of benzene rings is 1. The van der Waals surface area contributed by atoms with E-state index in [2.05, 4.69) is 37.9 Å². The van der Waals surface area contributed by atoms with Crippen molar-refractivity contribution >= 4 is 34.6 Å². The number of hydrogen-bond acceptors (Lipinski definition) is 6. The van der Waals surface area contributed by atoms with Crippen molar-refractivity contribution in [3.8, 4) is 5.75 Å². The molecule has 29 heavy (non-hydrogen) atoms. The van der Waals surface area contributed by atoms with Crippen LogP contribution in [0.3, 0.4) is 0 Å². The molecule has 0 bridgehead atoms. The fraction of sp³-hybridized carbons (Fsp3) is 0.0952. The molecule has 8 heteroatoms. The maximum absolute atomic E-state index is 6.52. The quantitative estimate of drug-likeness (QED) is 0.498. The van der Waals surface area contributed by atoms with E-state index in [0.29, 0.717) is 11.0 Å². The number of anilines is 1. The number of aromatic nitrogens is 4. The highest BCUT2D eigenvalue weighted by atomic mass is 35.5. The van der Waals surface area contributed by atoms with Crippen molar-refractivity contribution in [3.05, 3.63) is 93.2 Å². The van der Waals surface area contributed by atoms with Crippen LogP contribution in [0.1, 0.15) is 28.1 Å². The standard InChI is InChI=1S/C21H14ClN5OS/c22-13-5-6-15-14(9-13)18-17(20(28-15)16-4-2-8-29-16)19(12-3-1-7-23-10-12)27-21(26-18)24-11-25-27/h1-11,19-20H,(H,24,25,26). The fourth-order valence-corrected chi connectivity index (χ4v) is 4.92. The van der Waals surface area contributed by atoms with Crippen LogP contribution in [0.15, 0.2) is 72.1 Å². The van der Waals surface area contributed by atoms with Gasteiger partial charge in [0.15, 0.2) is 6.10 Å². The van der Waals surface area contributed by atoms with E-state index in [1.54, 1.807) is 23.9 Å². The first kappa shape index (κ1) is 16.8. The van der Waals surface area contributed by atoms with Gasteiger partial charge in [0.2, 0.25) is 5.95 Å². The summed E-state index contributed by atoms with van der Waals surface area (Å²) in [6.07, 6.45) is 4.94. The molecule has 6 rings (SSSR count). The van der Waals surface area contributed by atoms with Gasteiger partial charge in [-0.2, -0.15) is 10.1 Å². The number of halogens is 1. The van der Waals surface area contributed by atoms with E-state index in [-0.39, 0.29) is 12.1 Å². The van der Waals surface area contributed by atoms with Crippen molar-refractivity contribution in [2.75, 3.05) is 5.32 Å². The second kappa shape index (κ2) is 6.43. The Balaban J connectivity index is 1.66. The molecule has 0 saturated carbocycles. The summed E-state index contributed by atoms with van der Waals surface area (Å²) in [5, 5.41) is 10.7. The van der Waals surface area contributed by atoms with Crippen molar-refractivity contribution in [1.82, 2.24) is 19.7 Å². The summed E-state index contributed by atoms with van der Waals surface area (Å²) in [6, 6.07) is 13.6. The third-order valence-electron chi connectivity index (χ3n) is 5.18. The molecule has 2 aliphatic rings. The summed E-state index contributed by atoms with van der Waals surface area (Å²) in [5.74, 6) is 1.47. The molecular formula is C21H14ClN5OS. The smallest absolute Gasteiger partial charge is 0.226 e. The van der Waals surface area contributed by atoms with Crippen molar-refractivity contribution in [2.24, 2.45) is 0 Å². The number of pyridine rings is 1. The number of nitrogens with zero attached hydrogens (tertiary/aromatic N) is 4. The molecule has 3 aromatic heterocycles. The van der Waals surface area contributed by atoms with Gasteiger partial charge in [0, 0.05) is 33.4 Å². The summed E-state index contributed by atoms with van der Waals surface area (Å²) >= 11 is 8.00. The molecule has 2 aliphatic heterocycles. The maximum atomic E-state index is 6.52. The first-order valence-electron chi connectivity index (χ1n) is 9.10. The third-order valence-corrected chi connectivity index (χ3v) is 6.33. The predicted molar refractivity (Wildman–Crippen MR) is 112 cm³/mol. The highest BCUT2D eigenvalue weighted by Gasteiger charge is 2.41. The zero-order valence-corrected chi connectivity index (χ0v) is 16.6. The molecule has 142 valence electrons. The van der Waals surface area contributed by atoms with Gasteiger partial charge in [-0.1, -0.05) is 23.7 Å². The molecule has 6 nitrogen and oxygen atoms in total. The van der Waals surface area contributed by atoms with E-state index in [0.717, 1.165) is 33.0 Å². The molecule has 0 aliphatic carbocycles. The lowest BCUT2D eigenvalue weighted by molar-refractivity contribution is 0.226. The number of rotatable bonds is 2. The largest absolute Gasteiger partial charge is 0.480 e. The molecule has 0 saturated heterocycles. The molecule has 2 atom stereocenters. The summed E-state index contributed by atoms with van der Waals surface area (Å²) in [7, 11) is 0. The average molecular weight is 420 g/mol. The zero-order valence-electron chi connectivity index (χ0n) is 15.0. The zero-order chi connectivity index (χ0) is 19.4. The van der Waals surface area contributed by atoms with Crippen LogP contribution in [0.4, 0.5) is 5.95 Å². The van der Waals surface area contributed by atoms with Crippen LogP contribution in [-0.2, 0) is 0 Å². The Bertz CT molecular complexity index is 1240. The summed E-state index contributed by atoms with van der Waals surface area (Å²) in [4.78, 5) is 9.88. The minimum Gasteiger partial charge on any atom is -0.480 e. The summed E-state index contributed by atoms with van der Waals surface area (Å²) in [6.45, 7) is 0. The van der Waals surface area contributed by atoms with Crippen LogP contribution in [0, 0.1) is 0 Å². The van der Waals surface area contributed by atoms with Crippen LogP contribution in [-0.4, -0.2) is 19.7 Å². The normalized spacial score (nSPS) is 19.6. The number of fused-ring (bicyclic) bond motifs is 3. The molecular weight excluding hydrogens is 406 g/mol. The van der Waals surface area contributed by atoms with E-state index in [4.69, 9.17) is 16.3 Å². The Morgan fingerprint density at radius 1 is 1.17 bits per heavy atom. The molecule has 0 amide bonds. The van der Waals surface area contributed by atoms with Gasteiger partial charge in [0.25, 0.3) is 0 Å². The van der Waals surface area contributed by atoms with Crippen LogP contribution in [0.5, 0.6) is 5.75 Å². The lowest BCUT2D eigenvalue weighted by Gasteiger charge is -2.38. The Morgan fingerprint density at radius 2 is 2.14 bits per heavy atom.